The van der Waals surface area contributed by atoms with E-state index in [2.05, 4.69) is 20.3 Å². The van der Waals surface area contributed by atoms with Gasteiger partial charge in [-0.05, 0) is 11.6 Å². The van der Waals surface area contributed by atoms with Gasteiger partial charge in [-0.15, -0.1) is 0 Å². The fraction of sp³-hybridized carbons (Fsp3) is 0.100. The summed E-state index contributed by atoms with van der Waals surface area (Å²) in [5, 5.41) is 13.5. The molecule has 0 atom stereocenters. The van der Waals surface area contributed by atoms with E-state index in [0.29, 0.717) is 6.54 Å². The summed E-state index contributed by atoms with van der Waals surface area (Å²) < 4.78 is 0. The first-order chi connectivity index (χ1) is 8.68. The maximum atomic E-state index is 11.3. The summed E-state index contributed by atoms with van der Waals surface area (Å²) in [4.78, 5) is 31.1. The molecular formula is C10H9N5O3. The molecule has 0 unspecified atom stereocenters. The fourth-order valence-corrected chi connectivity index (χ4v) is 1.38. The number of rotatable bonds is 4. The summed E-state index contributed by atoms with van der Waals surface area (Å²) >= 11 is 0. The molecule has 2 N–H and O–H groups in total. The minimum absolute atomic E-state index is 0.0624. The van der Waals surface area contributed by atoms with Gasteiger partial charge in [0.05, 0.1) is 11.3 Å². The van der Waals surface area contributed by atoms with Crippen molar-refractivity contribution in [2.24, 2.45) is 0 Å². The Morgan fingerprint density at radius 1 is 1.50 bits per heavy atom. The van der Waals surface area contributed by atoms with E-state index < -0.39 is 16.2 Å². The average Bonchev–Trinajstić information content (AvgIpc) is 2.37. The Labute approximate surface area is 101 Å². The quantitative estimate of drug-likeness (QED) is 0.606. The predicted octanol–water partition coefficient (Wildman–Crippen LogP) is 0.685. The minimum Gasteiger partial charge on any atom is -0.360 e. The monoisotopic (exact) mass is 247 g/mol. The Morgan fingerprint density at radius 3 is 3.00 bits per heavy atom. The number of anilines is 1. The molecule has 0 aromatic carbocycles. The van der Waals surface area contributed by atoms with Crippen LogP contribution < -0.4 is 10.9 Å². The first-order valence-electron chi connectivity index (χ1n) is 5.03. The molecule has 0 aliphatic rings. The Bertz CT molecular complexity index is 610. The van der Waals surface area contributed by atoms with Gasteiger partial charge < -0.3 is 10.3 Å². The van der Waals surface area contributed by atoms with Crippen molar-refractivity contribution in [3.63, 3.8) is 0 Å². The number of aromatic nitrogens is 3. The van der Waals surface area contributed by atoms with Gasteiger partial charge in [-0.2, -0.15) is 0 Å². The summed E-state index contributed by atoms with van der Waals surface area (Å²) in [6, 6.07) is 3.55. The molecule has 8 nitrogen and oxygen atoms in total. The van der Waals surface area contributed by atoms with Crippen LogP contribution in [0.1, 0.15) is 5.56 Å². The Morgan fingerprint density at radius 2 is 2.33 bits per heavy atom. The van der Waals surface area contributed by atoms with Crippen LogP contribution in [-0.2, 0) is 6.54 Å². The van der Waals surface area contributed by atoms with Gasteiger partial charge in [-0.1, -0.05) is 6.07 Å². The van der Waals surface area contributed by atoms with E-state index in [0.717, 1.165) is 11.9 Å². The zero-order valence-corrected chi connectivity index (χ0v) is 9.16. The summed E-state index contributed by atoms with van der Waals surface area (Å²) in [5.74, 6) is -0.0624. The molecule has 2 heterocycles. The van der Waals surface area contributed by atoms with Crippen LogP contribution in [0, 0.1) is 10.1 Å². The molecule has 0 amide bonds. The third-order valence-corrected chi connectivity index (χ3v) is 2.19. The van der Waals surface area contributed by atoms with Crippen molar-refractivity contribution >= 4 is 11.5 Å². The molecule has 0 aliphatic carbocycles. The van der Waals surface area contributed by atoms with Crippen LogP contribution >= 0.6 is 0 Å². The van der Waals surface area contributed by atoms with Crippen LogP contribution in [-0.4, -0.2) is 19.9 Å². The number of nitrogens with zero attached hydrogens (tertiary/aromatic N) is 3. The first-order valence-corrected chi connectivity index (χ1v) is 5.03. The van der Waals surface area contributed by atoms with E-state index in [1.807, 2.05) is 0 Å². The van der Waals surface area contributed by atoms with E-state index >= 15 is 0 Å². The van der Waals surface area contributed by atoms with Gasteiger partial charge >= 0.3 is 11.2 Å². The zero-order valence-electron chi connectivity index (χ0n) is 9.16. The molecule has 18 heavy (non-hydrogen) atoms. The minimum atomic E-state index is -0.788. The lowest BCUT2D eigenvalue weighted by Gasteiger charge is -2.04. The predicted molar refractivity (Wildman–Crippen MR) is 63.1 cm³/mol. The number of pyridine rings is 1. The van der Waals surface area contributed by atoms with Crippen LogP contribution in [0.5, 0.6) is 0 Å². The molecular weight excluding hydrogens is 238 g/mol. The summed E-state index contributed by atoms with van der Waals surface area (Å²) in [7, 11) is 0. The molecule has 2 aromatic heterocycles. The standard InChI is InChI=1S/C10H9N5O3/c16-10-8(15(17)18)9(13-6-14-10)12-5-7-2-1-3-11-4-7/h1-4,6H,5H2,(H2,12,13,14,16). The molecule has 0 aliphatic heterocycles. The van der Waals surface area contributed by atoms with Gasteiger partial charge in [0.25, 0.3) is 0 Å². The van der Waals surface area contributed by atoms with E-state index in [4.69, 9.17) is 0 Å². The third kappa shape index (κ3) is 2.48. The maximum Gasteiger partial charge on any atom is 0.375 e. The lowest BCUT2D eigenvalue weighted by atomic mass is 10.3. The SMILES string of the molecule is O=c1[nH]cnc(NCc2cccnc2)c1[N+](=O)[O-]. The molecule has 0 spiro atoms. The molecule has 2 rings (SSSR count). The van der Waals surface area contributed by atoms with Crippen LogP contribution in [0.25, 0.3) is 0 Å². The Balaban J connectivity index is 2.22. The number of nitro groups is 1. The number of hydrogen-bond donors (Lipinski definition) is 2. The highest BCUT2D eigenvalue weighted by Crippen LogP contribution is 2.15. The molecule has 0 saturated heterocycles. The molecule has 2 aromatic rings. The maximum absolute atomic E-state index is 11.3. The molecule has 0 radical (unpaired) electrons. The molecule has 0 bridgehead atoms. The highest BCUT2D eigenvalue weighted by atomic mass is 16.6. The second kappa shape index (κ2) is 5.04. The number of H-pyrrole nitrogens is 1. The van der Waals surface area contributed by atoms with Gasteiger partial charge in [-0.3, -0.25) is 19.9 Å². The van der Waals surface area contributed by atoms with Crippen molar-refractivity contribution < 1.29 is 4.92 Å². The lowest BCUT2D eigenvalue weighted by Crippen LogP contribution is -2.16. The molecule has 8 heteroatoms. The zero-order chi connectivity index (χ0) is 13.0. The van der Waals surface area contributed by atoms with Gasteiger partial charge in [0, 0.05) is 18.9 Å². The molecule has 0 saturated carbocycles. The Kier molecular flexibility index (Phi) is 3.28. The van der Waals surface area contributed by atoms with Crippen LogP contribution in [0.15, 0.2) is 35.6 Å². The lowest BCUT2D eigenvalue weighted by molar-refractivity contribution is -0.385. The van der Waals surface area contributed by atoms with E-state index in [9.17, 15) is 14.9 Å². The van der Waals surface area contributed by atoms with Gasteiger partial charge in [0.1, 0.15) is 0 Å². The largest absolute Gasteiger partial charge is 0.375 e. The van der Waals surface area contributed by atoms with Crippen molar-refractivity contribution in [3.05, 3.63) is 56.9 Å². The second-order valence-electron chi connectivity index (χ2n) is 3.40. The van der Waals surface area contributed by atoms with Crippen molar-refractivity contribution in [1.29, 1.82) is 0 Å². The summed E-state index contributed by atoms with van der Waals surface area (Å²) in [6.07, 6.45) is 4.35. The van der Waals surface area contributed by atoms with Crippen LogP contribution in [0.2, 0.25) is 0 Å². The topological polar surface area (TPSA) is 114 Å². The fourth-order valence-electron chi connectivity index (χ4n) is 1.38. The van der Waals surface area contributed by atoms with E-state index in [1.54, 1.807) is 24.5 Å². The third-order valence-electron chi connectivity index (χ3n) is 2.19. The highest BCUT2D eigenvalue weighted by Gasteiger charge is 2.19. The van der Waals surface area contributed by atoms with Gasteiger partial charge in [0.15, 0.2) is 0 Å². The first kappa shape index (κ1) is 11.7. The van der Waals surface area contributed by atoms with E-state index in [-0.39, 0.29) is 5.82 Å². The molecule has 0 fully saturated rings. The van der Waals surface area contributed by atoms with Crippen molar-refractivity contribution in [1.82, 2.24) is 15.0 Å². The van der Waals surface area contributed by atoms with Crippen molar-refractivity contribution in [2.45, 2.75) is 6.54 Å². The highest BCUT2D eigenvalue weighted by molar-refractivity contribution is 5.53. The molecule has 92 valence electrons. The van der Waals surface area contributed by atoms with Crippen molar-refractivity contribution in [2.75, 3.05) is 5.32 Å². The van der Waals surface area contributed by atoms with Crippen LogP contribution in [0.4, 0.5) is 11.5 Å². The summed E-state index contributed by atoms with van der Waals surface area (Å²) in [5.41, 5.74) is -0.557. The smallest absolute Gasteiger partial charge is 0.360 e. The van der Waals surface area contributed by atoms with Crippen LogP contribution in [0.3, 0.4) is 0 Å². The van der Waals surface area contributed by atoms with Gasteiger partial charge in [-0.25, -0.2) is 4.98 Å². The van der Waals surface area contributed by atoms with Crippen molar-refractivity contribution in [3.8, 4) is 0 Å². The Hall–Kier alpha value is -2.77. The number of aromatic amines is 1. The average molecular weight is 247 g/mol. The summed E-state index contributed by atoms with van der Waals surface area (Å²) in [6.45, 7) is 0.297. The second-order valence-corrected chi connectivity index (χ2v) is 3.40. The normalized spacial score (nSPS) is 10.0. The number of nitrogens with one attached hydrogen (secondary N) is 2. The van der Waals surface area contributed by atoms with E-state index in [1.165, 1.54) is 0 Å². The van der Waals surface area contributed by atoms with Gasteiger partial charge in [0.2, 0.25) is 5.82 Å². The number of hydrogen-bond acceptors (Lipinski definition) is 6.